The van der Waals surface area contributed by atoms with Crippen molar-refractivity contribution >= 4 is 0 Å². The zero-order valence-corrected chi connectivity index (χ0v) is 14.5. The molecule has 0 aliphatic carbocycles. The first kappa shape index (κ1) is 17.7. The monoisotopic (exact) mass is 334 g/mol. The van der Waals surface area contributed by atoms with Crippen molar-refractivity contribution in [2.75, 3.05) is 52.6 Å². The van der Waals surface area contributed by atoms with Gasteiger partial charge in [-0.15, -0.1) is 0 Å². The van der Waals surface area contributed by atoms with E-state index in [2.05, 4.69) is 28.0 Å². The molecule has 0 saturated carbocycles. The highest BCUT2D eigenvalue weighted by Crippen LogP contribution is 2.24. The van der Waals surface area contributed by atoms with Crippen LogP contribution in [-0.2, 0) is 11.3 Å². The van der Waals surface area contributed by atoms with E-state index in [1.54, 1.807) is 0 Å². The van der Waals surface area contributed by atoms with Crippen LogP contribution in [0.2, 0.25) is 0 Å². The van der Waals surface area contributed by atoms with Gasteiger partial charge in [0.25, 0.3) is 0 Å². The Morgan fingerprint density at radius 1 is 1.12 bits per heavy atom. The van der Waals surface area contributed by atoms with Crippen LogP contribution in [0.5, 0.6) is 5.75 Å². The highest BCUT2D eigenvalue weighted by atomic mass is 16.5. The molecule has 24 heavy (non-hydrogen) atoms. The minimum absolute atomic E-state index is 0.250. The highest BCUT2D eigenvalue weighted by molar-refractivity contribution is 5.33. The molecule has 5 nitrogen and oxygen atoms in total. The van der Waals surface area contributed by atoms with Crippen LogP contribution in [0, 0.1) is 0 Å². The fourth-order valence-corrected chi connectivity index (χ4v) is 3.58. The summed E-state index contributed by atoms with van der Waals surface area (Å²) in [5, 5.41) is 9.61. The van der Waals surface area contributed by atoms with Gasteiger partial charge in [-0.05, 0) is 25.5 Å². The average molecular weight is 334 g/mol. The summed E-state index contributed by atoms with van der Waals surface area (Å²) in [6.07, 6.45) is 3.53. The highest BCUT2D eigenvalue weighted by Gasteiger charge is 2.22. The third-order valence-corrected chi connectivity index (χ3v) is 5.07. The van der Waals surface area contributed by atoms with E-state index in [0.29, 0.717) is 12.6 Å². The maximum atomic E-state index is 9.61. The first-order valence-corrected chi connectivity index (χ1v) is 9.22. The molecule has 0 unspecified atom stereocenters. The Bertz CT molecular complexity index is 491. The molecule has 0 bridgehead atoms. The lowest BCUT2D eigenvalue weighted by Crippen LogP contribution is -2.41. The largest absolute Gasteiger partial charge is 0.492 e. The second-order valence-corrected chi connectivity index (χ2v) is 6.71. The quantitative estimate of drug-likeness (QED) is 0.823. The summed E-state index contributed by atoms with van der Waals surface area (Å²) in [6, 6.07) is 8.61. The van der Waals surface area contributed by atoms with Crippen LogP contribution in [0.25, 0.3) is 0 Å². The van der Waals surface area contributed by atoms with Gasteiger partial charge in [-0.1, -0.05) is 24.6 Å². The maximum Gasteiger partial charge on any atom is 0.123 e. The van der Waals surface area contributed by atoms with Crippen molar-refractivity contribution in [3.05, 3.63) is 29.8 Å². The number of ether oxygens (including phenoxy) is 2. The van der Waals surface area contributed by atoms with Gasteiger partial charge in [0.2, 0.25) is 0 Å². The molecule has 2 fully saturated rings. The second kappa shape index (κ2) is 9.37. The van der Waals surface area contributed by atoms with Crippen LogP contribution in [0.1, 0.15) is 24.8 Å². The number of aliphatic hydroxyl groups is 1. The van der Waals surface area contributed by atoms with Crippen molar-refractivity contribution in [2.24, 2.45) is 0 Å². The van der Waals surface area contributed by atoms with Crippen molar-refractivity contribution in [3.8, 4) is 5.75 Å². The molecule has 0 spiro atoms. The van der Waals surface area contributed by atoms with Gasteiger partial charge in [0.1, 0.15) is 12.4 Å². The van der Waals surface area contributed by atoms with Gasteiger partial charge in [0.05, 0.1) is 19.8 Å². The lowest BCUT2D eigenvalue weighted by Gasteiger charge is -2.35. The third-order valence-electron chi connectivity index (χ3n) is 5.07. The van der Waals surface area contributed by atoms with E-state index in [1.165, 1.54) is 18.4 Å². The average Bonchev–Trinajstić information content (AvgIpc) is 2.64. The molecule has 0 radical (unpaired) electrons. The Labute approximate surface area is 145 Å². The minimum atomic E-state index is 0.250. The normalized spacial score (nSPS) is 23.3. The molecule has 1 N–H and O–H groups in total. The zero-order valence-electron chi connectivity index (χ0n) is 14.5. The molecule has 0 amide bonds. The minimum Gasteiger partial charge on any atom is -0.492 e. The maximum absolute atomic E-state index is 9.61. The number of piperidine rings is 1. The summed E-state index contributed by atoms with van der Waals surface area (Å²) in [5.74, 6) is 0.980. The van der Waals surface area contributed by atoms with Crippen molar-refractivity contribution in [3.63, 3.8) is 0 Å². The Morgan fingerprint density at radius 2 is 1.96 bits per heavy atom. The number of benzene rings is 1. The first-order valence-electron chi connectivity index (χ1n) is 9.22. The van der Waals surface area contributed by atoms with Crippen molar-refractivity contribution < 1.29 is 14.6 Å². The van der Waals surface area contributed by atoms with Gasteiger partial charge in [-0.2, -0.15) is 0 Å². The van der Waals surface area contributed by atoms with Gasteiger partial charge in [0, 0.05) is 37.8 Å². The molecule has 2 aliphatic heterocycles. The van der Waals surface area contributed by atoms with Gasteiger partial charge in [-0.3, -0.25) is 9.80 Å². The van der Waals surface area contributed by atoms with E-state index >= 15 is 0 Å². The van der Waals surface area contributed by atoms with E-state index in [4.69, 9.17) is 9.47 Å². The number of hydrogen-bond donors (Lipinski definition) is 1. The number of hydrogen-bond acceptors (Lipinski definition) is 5. The van der Waals surface area contributed by atoms with Crippen LogP contribution in [-0.4, -0.2) is 73.6 Å². The van der Waals surface area contributed by atoms with Crippen molar-refractivity contribution in [2.45, 2.75) is 31.8 Å². The molecule has 2 heterocycles. The molecule has 2 saturated heterocycles. The summed E-state index contributed by atoms with van der Waals surface area (Å²) in [4.78, 5) is 4.78. The molecule has 1 atom stereocenters. The van der Waals surface area contributed by atoms with Crippen molar-refractivity contribution in [1.29, 1.82) is 0 Å². The lowest BCUT2D eigenvalue weighted by molar-refractivity contribution is 0.0320. The Kier molecular flexibility index (Phi) is 6.90. The molecule has 1 aromatic carbocycles. The number of nitrogens with zero attached hydrogens (tertiary/aromatic N) is 2. The summed E-state index contributed by atoms with van der Waals surface area (Å²) >= 11 is 0. The van der Waals surface area contributed by atoms with Crippen LogP contribution >= 0.6 is 0 Å². The summed E-state index contributed by atoms with van der Waals surface area (Å²) in [6.45, 7) is 7.48. The molecule has 134 valence electrons. The van der Waals surface area contributed by atoms with Gasteiger partial charge in [-0.25, -0.2) is 0 Å². The second-order valence-electron chi connectivity index (χ2n) is 6.71. The number of aliphatic hydroxyl groups excluding tert-OH is 1. The molecule has 3 rings (SSSR count). The fourth-order valence-electron chi connectivity index (χ4n) is 3.58. The molecule has 0 aromatic heterocycles. The molecular weight excluding hydrogens is 304 g/mol. The number of morpholine rings is 1. The Balaban J connectivity index is 1.54. The Morgan fingerprint density at radius 3 is 2.79 bits per heavy atom. The summed E-state index contributed by atoms with van der Waals surface area (Å²) in [7, 11) is 0. The van der Waals surface area contributed by atoms with Crippen LogP contribution < -0.4 is 4.74 Å². The predicted molar refractivity (Wildman–Crippen MR) is 94.3 cm³/mol. The number of likely N-dealkylation sites (tertiary alicyclic amines) is 1. The lowest BCUT2D eigenvalue weighted by atomic mass is 10.0. The van der Waals surface area contributed by atoms with Crippen LogP contribution in [0.4, 0.5) is 0 Å². The first-order chi connectivity index (χ1) is 11.9. The van der Waals surface area contributed by atoms with Gasteiger partial charge < -0.3 is 14.6 Å². The summed E-state index contributed by atoms with van der Waals surface area (Å²) in [5.41, 5.74) is 1.22. The summed E-state index contributed by atoms with van der Waals surface area (Å²) < 4.78 is 11.5. The topological polar surface area (TPSA) is 45.2 Å². The molecule has 1 aromatic rings. The van der Waals surface area contributed by atoms with Crippen molar-refractivity contribution in [1.82, 2.24) is 9.80 Å². The molecule has 2 aliphatic rings. The smallest absolute Gasteiger partial charge is 0.123 e. The van der Waals surface area contributed by atoms with Gasteiger partial charge in [0.15, 0.2) is 0 Å². The third kappa shape index (κ3) is 4.93. The Hall–Kier alpha value is -1.14. The zero-order chi connectivity index (χ0) is 16.6. The SMILES string of the molecule is OC[C@H]1CCCCN1Cc1ccccc1OCCN1CCOCC1. The van der Waals surface area contributed by atoms with E-state index in [1.807, 2.05) is 6.07 Å². The molecular formula is C19H30N2O3. The standard InChI is InChI=1S/C19H30N2O3/c22-16-18-6-3-4-8-21(18)15-17-5-1-2-7-19(17)24-14-11-20-9-12-23-13-10-20/h1-2,5,7,18,22H,3-4,6,8-16H2/t18-/m1/s1. The van der Waals surface area contributed by atoms with Crippen LogP contribution in [0.15, 0.2) is 24.3 Å². The van der Waals surface area contributed by atoms with Crippen LogP contribution in [0.3, 0.4) is 0 Å². The fraction of sp³-hybridized carbons (Fsp3) is 0.684. The molecule has 5 heteroatoms. The van der Waals surface area contributed by atoms with E-state index in [9.17, 15) is 5.11 Å². The van der Waals surface area contributed by atoms with E-state index in [-0.39, 0.29) is 6.61 Å². The number of para-hydroxylation sites is 1. The van der Waals surface area contributed by atoms with Gasteiger partial charge >= 0.3 is 0 Å². The van der Waals surface area contributed by atoms with E-state index in [0.717, 1.165) is 58.1 Å². The number of rotatable bonds is 7. The predicted octanol–water partition coefficient (Wildman–Crippen LogP) is 1.74. The van der Waals surface area contributed by atoms with E-state index < -0.39 is 0 Å².